The van der Waals surface area contributed by atoms with Crippen LogP contribution in [-0.4, -0.2) is 38.1 Å². The molecule has 0 aromatic carbocycles. The van der Waals surface area contributed by atoms with Crippen LogP contribution < -0.4 is 0 Å². The molecule has 0 aromatic rings. The van der Waals surface area contributed by atoms with Gasteiger partial charge in [-0.15, -0.1) is 0 Å². The summed E-state index contributed by atoms with van der Waals surface area (Å²) in [6, 6.07) is 0. The number of nitrogens with zero attached hydrogens (tertiary/aromatic N) is 3. The summed E-state index contributed by atoms with van der Waals surface area (Å²) in [6.07, 6.45) is -1.42. The topological polar surface area (TPSA) is 93.5 Å². The third-order valence-electron chi connectivity index (χ3n) is 1.61. The Morgan fingerprint density at radius 1 is 1.38 bits per heavy atom. The summed E-state index contributed by atoms with van der Waals surface area (Å²) in [6.45, 7) is 5.69. The van der Waals surface area contributed by atoms with Gasteiger partial charge in [0.1, 0.15) is 0 Å². The summed E-state index contributed by atoms with van der Waals surface area (Å²) in [5.41, 5.74) is 8.23. The summed E-state index contributed by atoms with van der Waals surface area (Å²) < 4.78 is 15.5. The van der Waals surface area contributed by atoms with Crippen molar-refractivity contribution in [1.82, 2.24) is 0 Å². The number of hydrogen-bond donors (Lipinski definition) is 0. The Morgan fingerprint density at radius 3 is 2.31 bits per heavy atom. The van der Waals surface area contributed by atoms with Gasteiger partial charge < -0.3 is 14.2 Å². The maximum atomic E-state index is 10.9. The van der Waals surface area contributed by atoms with Crippen LogP contribution in [0.25, 0.3) is 10.4 Å². The first kappa shape index (κ1) is 14.7. The zero-order valence-corrected chi connectivity index (χ0v) is 9.75. The lowest BCUT2D eigenvalue weighted by Crippen LogP contribution is -2.37. The van der Waals surface area contributed by atoms with Crippen LogP contribution in [0.5, 0.6) is 0 Å². The fourth-order valence-corrected chi connectivity index (χ4v) is 1.10. The lowest BCUT2D eigenvalue weighted by molar-refractivity contribution is -0.203. The first-order chi connectivity index (χ1) is 7.65. The third kappa shape index (κ3) is 6.23. The van der Waals surface area contributed by atoms with Crippen molar-refractivity contribution >= 4 is 5.97 Å². The first-order valence-electron chi connectivity index (χ1n) is 5.06. The molecule has 0 saturated heterocycles. The van der Waals surface area contributed by atoms with E-state index >= 15 is 0 Å². The number of azide groups is 1. The number of esters is 1. The Hall–Kier alpha value is -1.30. The van der Waals surface area contributed by atoms with E-state index in [0.29, 0.717) is 13.2 Å². The van der Waals surface area contributed by atoms with E-state index in [1.165, 1.54) is 6.92 Å². The maximum Gasteiger partial charge on any atom is 0.303 e. The van der Waals surface area contributed by atoms with Crippen molar-refractivity contribution in [1.29, 1.82) is 0 Å². The standard InChI is InChI=1S/C9H17N3O4/c1-4-14-9(15-5-2)8(6-11-12-10)16-7(3)13/h8-9H,4-6H2,1-3H3/t8-/m0/s1. The van der Waals surface area contributed by atoms with Gasteiger partial charge in [0, 0.05) is 25.0 Å². The van der Waals surface area contributed by atoms with Crippen LogP contribution >= 0.6 is 0 Å². The quantitative estimate of drug-likeness (QED) is 0.208. The Kier molecular flexibility index (Phi) is 8.24. The van der Waals surface area contributed by atoms with Crippen molar-refractivity contribution in [2.75, 3.05) is 19.8 Å². The maximum absolute atomic E-state index is 10.9. The van der Waals surface area contributed by atoms with Crippen LogP contribution in [0.2, 0.25) is 0 Å². The van der Waals surface area contributed by atoms with Gasteiger partial charge in [-0.05, 0) is 19.4 Å². The molecule has 0 aliphatic heterocycles. The second-order valence-corrected chi connectivity index (χ2v) is 2.84. The number of carbonyl (C=O) groups is 1. The molecule has 0 bridgehead atoms. The normalized spacial score (nSPS) is 12.0. The predicted molar refractivity (Wildman–Crippen MR) is 56.6 cm³/mol. The monoisotopic (exact) mass is 231 g/mol. The molecular weight excluding hydrogens is 214 g/mol. The smallest absolute Gasteiger partial charge is 0.303 e. The summed E-state index contributed by atoms with van der Waals surface area (Å²) >= 11 is 0. The van der Waals surface area contributed by atoms with E-state index in [1.54, 1.807) is 13.8 Å². The highest BCUT2D eigenvalue weighted by atomic mass is 16.7. The molecule has 0 fully saturated rings. The van der Waals surface area contributed by atoms with Crippen LogP contribution in [0.1, 0.15) is 20.8 Å². The molecule has 0 aliphatic carbocycles. The van der Waals surface area contributed by atoms with Gasteiger partial charge in [-0.3, -0.25) is 4.79 Å². The minimum Gasteiger partial charge on any atom is -0.457 e. The van der Waals surface area contributed by atoms with Crippen molar-refractivity contribution in [2.24, 2.45) is 5.11 Å². The minimum absolute atomic E-state index is 0.0131. The van der Waals surface area contributed by atoms with Crippen LogP contribution in [-0.2, 0) is 19.0 Å². The van der Waals surface area contributed by atoms with Crippen LogP contribution in [0.15, 0.2) is 5.11 Å². The molecule has 7 heteroatoms. The average Bonchev–Trinajstić information content (AvgIpc) is 2.23. The van der Waals surface area contributed by atoms with Crippen LogP contribution in [0, 0.1) is 0 Å². The molecule has 1 atom stereocenters. The summed E-state index contributed by atoms with van der Waals surface area (Å²) in [5, 5.41) is 3.35. The molecular formula is C9H17N3O4. The van der Waals surface area contributed by atoms with Crippen molar-refractivity contribution in [2.45, 2.75) is 33.2 Å². The Bertz CT molecular complexity index is 243. The molecule has 0 aromatic heterocycles. The van der Waals surface area contributed by atoms with Crippen molar-refractivity contribution < 1.29 is 19.0 Å². The SMILES string of the molecule is CCOC(OCC)[C@H](CN=[N+]=[N-])OC(C)=O. The van der Waals surface area contributed by atoms with Crippen LogP contribution in [0.3, 0.4) is 0 Å². The third-order valence-corrected chi connectivity index (χ3v) is 1.61. The molecule has 0 radical (unpaired) electrons. The van der Waals surface area contributed by atoms with Crippen LogP contribution in [0.4, 0.5) is 0 Å². The van der Waals surface area contributed by atoms with E-state index < -0.39 is 18.4 Å². The predicted octanol–water partition coefficient (Wildman–Crippen LogP) is 1.63. The summed E-state index contributed by atoms with van der Waals surface area (Å²) in [4.78, 5) is 13.5. The van der Waals surface area contributed by atoms with E-state index in [1.807, 2.05) is 0 Å². The molecule has 0 rings (SSSR count). The van der Waals surface area contributed by atoms with Gasteiger partial charge in [-0.2, -0.15) is 0 Å². The van der Waals surface area contributed by atoms with E-state index in [2.05, 4.69) is 10.0 Å². The fourth-order valence-electron chi connectivity index (χ4n) is 1.10. The zero-order valence-electron chi connectivity index (χ0n) is 9.75. The molecule has 0 unspecified atom stereocenters. The summed E-state index contributed by atoms with van der Waals surface area (Å²) in [7, 11) is 0. The average molecular weight is 231 g/mol. The number of carbonyl (C=O) groups excluding carboxylic acids is 1. The molecule has 0 saturated carbocycles. The van der Waals surface area contributed by atoms with E-state index in [-0.39, 0.29) is 6.54 Å². The van der Waals surface area contributed by atoms with E-state index in [4.69, 9.17) is 19.7 Å². The highest BCUT2D eigenvalue weighted by Crippen LogP contribution is 2.08. The highest BCUT2D eigenvalue weighted by Gasteiger charge is 2.24. The second kappa shape index (κ2) is 8.96. The molecule has 92 valence electrons. The van der Waals surface area contributed by atoms with Crippen molar-refractivity contribution in [3.63, 3.8) is 0 Å². The van der Waals surface area contributed by atoms with Gasteiger partial charge in [0.15, 0.2) is 12.4 Å². The number of rotatable bonds is 8. The van der Waals surface area contributed by atoms with Gasteiger partial charge in [0.2, 0.25) is 0 Å². The molecule has 0 heterocycles. The van der Waals surface area contributed by atoms with E-state index in [0.717, 1.165) is 0 Å². The molecule has 0 amide bonds. The van der Waals surface area contributed by atoms with Gasteiger partial charge in [-0.1, -0.05) is 5.11 Å². The van der Waals surface area contributed by atoms with Crippen molar-refractivity contribution in [3.05, 3.63) is 10.4 Å². The largest absolute Gasteiger partial charge is 0.457 e. The molecule has 0 N–H and O–H groups in total. The molecule has 0 spiro atoms. The van der Waals surface area contributed by atoms with E-state index in [9.17, 15) is 4.79 Å². The second-order valence-electron chi connectivity index (χ2n) is 2.84. The highest BCUT2D eigenvalue weighted by molar-refractivity contribution is 5.66. The van der Waals surface area contributed by atoms with Gasteiger partial charge in [-0.25, -0.2) is 0 Å². The zero-order chi connectivity index (χ0) is 12.4. The fraction of sp³-hybridized carbons (Fsp3) is 0.889. The van der Waals surface area contributed by atoms with Gasteiger partial charge >= 0.3 is 5.97 Å². The van der Waals surface area contributed by atoms with Gasteiger partial charge in [0.05, 0.1) is 6.54 Å². The molecule has 0 aliphatic rings. The summed E-state index contributed by atoms with van der Waals surface area (Å²) in [5.74, 6) is -0.470. The minimum atomic E-state index is -0.715. The lowest BCUT2D eigenvalue weighted by atomic mass is 10.3. The lowest BCUT2D eigenvalue weighted by Gasteiger charge is -2.24. The van der Waals surface area contributed by atoms with Crippen molar-refractivity contribution in [3.8, 4) is 0 Å². The Morgan fingerprint density at radius 2 is 1.94 bits per heavy atom. The molecule has 7 nitrogen and oxygen atoms in total. The van der Waals surface area contributed by atoms with Gasteiger partial charge in [0.25, 0.3) is 0 Å². The first-order valence-corrected chi connectivity index (χ1v) is 5.06. The number of hydrogen-bond acceptors (Lipinski definition) is 5. The molecule has 16 heavy (non-hydrogen) atoms. The number of ether oxygens (including phenoxy) is 3. The Labute approximate surface area is 94.3 Å². The Balaban J connectivity index is 4.50.